The van der Waals surface area contributed by atoms with Crippen molar-refractivity contribution >= 4 is 0 Å². The molecule has 0 aliphatic heterocycles. The number of aryl methyl sites for hydroxylation is 1. The van der Waals surface area contributed by atoms with E-state index >= 15 is 0 Å². The third-order valence-corrected chi connectivity index (χ3v) is 2.43. The fraction of sp³-hybridized carbons (Fsp3) is 0.727. The fourth-order valence-corrected chi connectivity index (χ4v) is 1.48. The summed E-state index contributed by atoms with van der Waals surface area (Å²) in [5.41, 5.74) is 6.98. The number of nitrogens with zero attached hydrogens (tertiary/aromatic N) is 3. The van der Waals surface area contributed by atoms with Crippen molar-refractivity contribution in [1.82, 2.24) is 14.7 Å². The van der Waals surface area contributed by atoms with Gasteiger partial charge in [-0.3, -0.25) is 4.68 Å². The number of nitrogens with two attached hydrogens (primary N) is 1. The van der Waals surface area contributed by atoms with Gasteiger partial charge in [0.05, 0.1) is 6.20 Å². The standard InChI is InChI=1S/C11H22N4/c1-4-15-9-11(7-13-15)8-14(3)6-5-10(2)12/h7,9-10H,4-6,8,12H2,1-3H3. The first-order valence-electron chi connectivity index (χ1n) is 5.57. The van der Waals surface area contributed by atoms with E-state index in [-0.39, 0.29) is 6.04 Å². The van der Waals surface area contributed by atoms with Gasteiger partial charge in [-0.15, -0.1) is 0 Å². The molecule has 0 bridgehead atoms. The maximum atomic E-state index is 5.72. The van der Waals surface area contributed by atoms with Gasteiger partial charge < -0.3 is 10.6 Å². The van der Waals surface area contributed by atoms with Crippen LogP contribution >= 0.6 is 0 Å². The van der Waals surface area contributed by atoms with E-state index in [9.17, 15) is 0 Å². The van der Waals surface area contributed by atoms with E-state index in [1.807, 2.05) is 17.8 Å². The van der Waals surface area contributed by atoms with Gasteiger partial charge in [0, 0.05) is 30.9 Å². The lowest BCUT2D eigenvalue weighted by Gasteiger charge is -2.16. The highest BCUT2D eigenvalue weighted by molar-refractivity contribution is 5.03. The van der Waals surface area contributed by atoms with E-state index in [1.54, 1.807) is 0 Å². The van der Waals surface area contributed by atoms with Gasteiger partial charge >= 0.3 is 0 Å². The van der Waals surface area contributed by atoms with Crippen LogP contribution in [0.4, 0.5) is 0 Å². The highest BCUT2D eigenvalue weighted by Crippen LogP contribution is 2.03. The van der Waals surface area contributed by atoms with Gasteiger partial charge in [0.15, 0.2) is 0 Å². The molecule has 0 radical (unpaired) electrons. The Morgan fingerprint density at radius 2 is 2.33 bits per heavy atom. The van der Waals surface area contributed by atoms with Crippen molar-refractivity contribution in [3.63, 3.8) is 0 Å². The monoisotopic (exact) mass is 210 g/mol. The topological polar surface area (TPSA) is 47.1 Å². The number of hydrogen-bond acceptors (Lipinski definition) is 3. The van der Waals surface area contributed by atoms with E-state index in [2.05, 4.69) is 30.2 Å². The van der Waals surface area contributed by atoms with Crippen LogP contribution in [0.15, 0.2) is 12.4 Å². The fourth-order valence-electron chi connectivity index (χ4n) is 1.48. The maximum Gasteiger partial charge on any atom is 0.0534 e. The van der Waals surface area contributed by atoms with Gasteiger partial charge in [-0.05, 0) is 33.9 Å². The average Bonchev–Trinajstić information content (AvgIpc) is 2.62. The molecule has 0 aliphatic rings. The molecule has 0 amide bonds. The quantitative estimate of drug-likeness (QED) is 0.764. The molecular formula is C11H22N4. The van der Waals surface area contributed by atoms with Crippen molar-refractivity contribution in [3.05, 3.63) is 18.0 Å². The Bertz CT molecular complexity index is 280. The lowest BCUT2D eigenvalue weighted by molar-refractivity contribution is 0.313. The van der Waals surface area contributed by atoms with Gasteiger partial charge in [-0.2, -0.15) is 5.10 Å². The minimum atomic E-state index is 0.283. The Balaban J connectivity index is 2.33. The predicted octanol–water partition coefficient (Wildman–Crippen LogP) is 1.07. The predicted molar refractivity (Wildman–Crippen MR) is 62.5 cm³/mol. The molecule has 1 unspecified atom stereocenters. The summed E-state index contributed by atoms with van der Waals surface area (Å²) in [5, 5.41) is 4.25. The Hall–Kier alpha value is -0.870. The second-order valence-corrected chi connectivity index (χ2v) is 4.21. The molecular weight excluding hydrogens is 188 g/mol. The van der Waals surface area contributed by atoms with E-state index in [0.29, 0.717) is 0 Å². The summed E-state index contributed by atoms with van der Waals surface area (Å²) < 4.78 is 1.95. The number of aromatic nitrogens is 2. The second-order valence-electron chi connectivity index (χ2n) is 4.21. The Kier molecular flexibility index (Phi) is 4.78. The molecule has 1 atom stereocenters. The normalized spacial score (nSPS) is 13.4. The lowest BCUT2D eigenvalue weighted by atomic mass is 10.2. The third-order valence-electron chi connectivity index (χ3n) is 2.43. The highest BCUT2D eigenvalue weighted by atomic mass is 15.3. The molecule has 0 spiro atoms. The molecule has 1 rings (SSSR count). The molecule has 1 aromatic heterocycles. The van der Waals surface area contributed by atoms with Crippen LogP contribution in [0.25, 0.3) is 0 Å². The zero-order chi connectivity index (χ0) is 11.3. The Labute approximate surface area is 92.1 Å². The smallest absolute Gasteiger partial charge is 0.0534 e. The molecule has 15 heavy (non-hydrogen) atoms. The SMILES string of the molecule is CCn1cc(CN(C)CCC(C)N)cn1. The van der Waals surface area contributed by atoms with Gasteiger partial charge in [0.2, 0.25) is 0 Å². The molecule has 0 saturated heterocycles. The first-order chi connectivity index (χ1) is 7.11. The summed E-state index contributed by atoms with van der Waals surface area (Å²) in [5.74, 6) is 0. The summed E-state index contributed by atoms with van der Waals surface area (Å²) in [6.45, 7) is 7.06. The van der Waals surface area contributed by atoms with Crippen LogP contribution in [0.2, 0.25) is 0 Å². The van der Waals surface area contributed by atoms with E-state index in [4.69, 9.17) is 5.73 Å². The van der Waals surface area contributed by atoms with Gasteiger partial charge in [-0.25, -0.2) is 0 Å². The molecule has 0 saturated carbocycles. The third kappa shape index (κ3) is 4.44. The van der Waals surface area contributed by atoms with Crippen molar-refractivity contribution in [2.24, 2.45) is 5.73 Å². The summed E-state index contributed by atoms with van der Waals surface area (Å²) in [7, 11) is 2.12. The first-order valence-corrected chi connectivity index (χ1v) is 5.57. The van der Waals surface area contributed by atoms with Crippen LogP contribution in [-0.4, -0.2) is 34.3 Å². The first kappa shape index (κ1) is 12.2. The van der Waals surface area contributed by atoms with Crippen molar-refractivity contribution in [2.45, 2.75) is 39.4 Å². The van der Waals surface area contributed by atoms with E-state index < -0.39 is 0 Å². The van der Waals surface area contributed by atoms with Crippen molar-refractivity contribution < 1.29 is 0 Å². The van der Waals surface area contributed by atoms with Gasteiger partial charge in [-0.1, -0.05) is 0 Å². The summed E-state index contributed by atoms with van der Waals surface area (Å²) in [6, 6.07) is 0.283. The summed E-state index contributed by atoms with van der Waals surface area (Å²) in [6.07, 6.45) is 5.08. The largest absolute Gasteiger partial charge is 0.328 e. The summed E-state index contributed by atoms with van der Waals surface area (Å²) in [4.78, 5) is 2.28. The second kappa shape index (κ2) is 5.88. The lowest BCUT2D eigenvalue weighted by Crippen LogP contribution is -2.25. The van der Waals surface area contributed by atoms with Crippen molar-refractivity contribution in [2.75, 3.05) is 13.6 Å². The van der Waals surface area contributed by atoms with Crippen LogP contribution in [0.5, 0.6) is 0 Å². The van der Waals surface area contributed by atoms with Gasteiger partial charge in [0.1, 0.15) is 0 Å². The van der Waals surface area contributed by atoms with E-state index in [0.717, 1.165) is 26.1 Å². The van der Waals surface area contributed by atoms with Crippen LogP contribution < -0.4 is 5.73 Å². The highest BCUT2D eigenvalue weighted by Gasteiger charge is 2.03. The summed E-state index contributed by atoms with van der Waals surface area (Å²) >= 11 is 0. The van der Waals surface area contributed by atoms with Crippen LogP contribution in [0, 0.1) is 0 Å². The molecule has 0 fully saturated rings. The van der Waals surface area contributed by atoms with E-state index in [1.165, 1.54) is 5.56 Å². The van der Waals surface area contributed by atoms with Crippen LogP contribution in [-0.2, 0) is 13.1 Å². The molecule has 4 heteroatoms. The zero-order valence-corrected chi connectivity index (χ0v) is 9.98. The molecule has 1 aromatic rings. The molecule has 4 nitrogen and oxygen atoms in total. The van der Waals surface area contributed by atoms with Crippen LogP contribution in [0.1, 0.15) is 25.8 Å². The molecule has 1 heterocycles. The Morgan fingerprint density at radius 1 is 1.60 bits per heavy atom. The number of hydrogen-bond donors (Lipinski definition) is 1. The number of rotatable bonds is 6. The minimum Gasteiger partial charge on any atom is -0.328 e. The molecule has 0 aromatic carbocycles. The molecule has 0 aliphatic carbocycles. The molecule has 86 valence electrons. The zero-order valence-electron chi connectivity index (χ0n) is 9.98. The van der Waals surface area contributed by atoms with Crippen LogP contribution in [0.3, 0.4) is 0 Å². The van der Waals surface area contributed by atoms with Gasteiger partial charge in [0.25, 0.3) is 0 Å². The average molecular weight is 210 g/mol. The minimum absolute atomic E-state index is 0.283. The molecule has 2 N–H and O–H groups in total. The Morgan fingerprint density at radius 3 is 2.87 bits per heavy atom. The maximum absolute atomic E-state index is 5.72. The van der Waals surface area contributed by atoms with Crippen molar-refractivity contribution in [3.8, 4) is 0 Å². The van der Waals surface area contributed by atoms with Crippen molar-refractivity contribution in [1.29, 1.82) is 0 Å².